The van der Waals surface area contributed by atoms with E-state index in [1.165, 1.54) is 36.7 Å². The highest BCUT2D eigenvalue weighted by atomic mass is 32.2. The van der Waals surface area contributed by atoms with Crippen LogP contribution in [0.25, 0.3) is 6.08 Å². The first-order valence-electron chi connectivity index (χ1n) is 8.97. The fraction of sp³-hybridized carbons (Fsp3) is 0.316. The largest absolute Gasteiger partial charge is 0.350 e. The molecule has 150 valence electrons. The van der Waals surface area contributed by atoms with Gasteiger partial charge >= 0.3 is 0 Å². The van der Waals surface area contributed by atoms with Crippen molar-refractivity contribution in [1.82, 2.24) is 9.45 Å². The number of hydrogen-bond acceptors (Lipinski definition) is 6. The number of benzene rings is 1. The molecule has 0 radical (unpaired) electrons. The number of amides is 1. The fourth-order valence-electron chi connectivity index (χ4n) is 2.69. The van der Waals surface area contributed by atoms with Crippen LogP contribution in [0, 0.1) is 0 Å². The number of aromatic nitrogens is 1. The highest BCUT2D eigenvalue weighted by Crippen LogP contribution is 2.17. The molecule has 0 bridgehead atoms. The summed E-state index contributed by atoms with van der Waals surface area (Å²) < 4.78 is 31.8. The van der Waals surface area contributed by atoms with Gasteiger partial charge in [0.15, 0.2) is 6.29 Å². The molecule has 2 heterocycles. The molecule has 1 unspecified atom stereocenters. The summed E-state index contributed by atoms with van der Waals surface area (Å²) in [6.07, 6.45) is 7.92. The maximum Gasteiger partial charge on any atom is 0.267 e. The molecule has 3 N–H and O–H groups in total. The van der Waals surface area contributed by atoms with Crippen molar-refractivity contribution in [2.24, 2.45) is 5.73 Å². The SMILES string of the molecule is NCc1ccc(S(=O)(=O)n2ccc(/C=C/C(=O)NOC3CCCCO3)c2)cc1. The maximum absolute atomic E-state index is 12.7. The molecule has 28 heavy (non-hydrogen) atoms. The molecule has 0 aliphatic carbocycles. The van der Waals surface area contributed by atoms with Crippen molar-refractivity contribution in [2.75, 3.05) is 6.61 Å². The summed E-state index contributed by atoms with van der Waals surface area (Å²) in [7, 11) is -3.71. The molecule has 1 saturated heterocycles. The number of hydrogen-bond donors (Lipinski definition) is 2. The molecule has 0 saturated carbocycles. The van der Waals surface area contributed by atoms with E-state index in [2.05, 4.69) is 5.48 Å². The smallest absolute Gasteiger partial charge is 0.267 e. The van der Waals surface area contributed by atoms with Crippen molar-refractivity contribution in [3.63, 3.8) is 0 Å². The molecule has 1 aromatic carbocycles. The van der Waals surface area contributed by atoms with E-state index in [1.54, 1.807) is 18.2 Å². The van der Waals surface area contributed by atoms with Gasteiger partial charge in [0.2, 0.25) is 0 Å². The predicted octanol–water partition coefficient (Wildman–Crippen LogP) is 1.77. The second-order valence-electron chi connectivity index (χ2n) is 6.34. The van der Waals surface area contributed by atoms with Crippen LogP contribution in [-0.2, 0) is 30.9 Å². The number of rotatable bonds is 7. The molecule has 8 nitrogen and oxygen atoms in total. The van der Waals surface area contributed by atoms with Crippen LogP contribution in [0.3, 0.4) is 0 Å². The Labute approximate surface area is 163 Å². The molecule has 2 aromatic rings. The summed E-state index contributed by atoms with van der Waals surface area (Å²) in [5.74, 6) is -0.456. The molecule has 1 aliphatic heterocycles. The van der Waals surface area contributed by atoms with Gasteiger partial charge in [-0.05, 0) is 48.2 Å². The van der Waals surface area contributed by atoms with Gasteiger partial charge in [-0.2, -0.15) is 0 Å². The highest BCUT2D eigenvalue weighted by molar-refractivity contribution is 7.90. The van der Waals surface area contributed by atoms with Crippen LogP contribution in [0.15, 0.2) is 53.7 Å². The summed E-state index contributed by atoms with van der Waals surface area (Å²) in [5, 5.41) is 0. The first-order chi connectivity index (χ1) is 13.5. The van der Waals surface area contributed by atoms with E-state index in [9.17, 15) is 13.2 Å². The van der Waals surface area contributed by atoms with Crippen LogP contribution in [-0.4, -0.2) is 31.2 Å². The molecule has 1 fully saturated rings. The molecule has 0 spiro atoms. The lowest BCUT2D eigenvalue weighted by atomic mass is 10.2. The molecule has 1 aromatic heterocycles. The van der Waals surface area contributed by atoms with E-state index in [0.29, 0.717) is 18.7 Å². The minimum atomic E-state index is -3.71. The van der Waals surface area contributed by atoms with Crippen molar-refractivity contribution < 1.29 is 22.8 Å². The van der Waals surface area contributed by atoms with Gasteiger partial charge in [-0.15, -0.1) is 0 Å². The normalized spacial score (nSPS) is 17.7. The molecular formula is C19H23N3O5S. The van der Waals surface area contributed by atoms with Gasteiger partial charge in [0.05, 0.1) is 4.90 Å². The Morgan fingerprint density at radius 1 is 1.29 bits per heavy atom. The van der Waals surface area contributed by atoms with Crippen molar-refractivity contribution in [3.05, 3.63) is 59.9 Å². The van der Waals surface area contributed by atoms with E-state index in [1.807, 2.05) is 0 Å². The lowest BCUT2D eigenvalue weighted by Crippen LogP contribution is -2.32. The lowest BCUT2D eigenvalue weighted by molar-refractivity contribution is -0.198. The van der Waals surface area contributed by atoms with E-state index < -0.39 is 22.2 Å². The molecule has 1 amide bonds. The third-order valence-electron chi connectivity index (χ3n) is 4.28. The quantitative estimate of drug-likeness (QED) is 0.536. The summed E-state index contributed by atoms with van der Waals surface area (Å²) in [6, 6.07) is 7.99. The first-order valence-corrected chi connectivity index (χ1v) is 10.4. The minimum absolute atomic E-state index is 0.162. The van der Waals surface area contributed by atoms with Crippen molar-refractivity contribution >= 4 is 22.0 Å². The van der Waals surface area contributed by atoms with Gasteiger partial charge < -0.3 is 10.5 Å². The number of carbonyl (C=O) groups excluding carboxylic acids is 1. The van der Waals surface area contributed by atoms with Crippen LogP contribution in [0.2, 0.25) is 0 Å². The number of hydroxylamine groups is 1. The number of nitrogens with zero attached hydrogens (tertiary/aromatic N) is 1. The van der Waals surface area contributed by atoms with Gasteiger partial charge in [-0.3, -0.25) is 4.79 Å². The standard InChI is InChI=1S/C19H23N3O5S/c20-13-15-4-7-17(8-5-15)28(24,25)22-11-10-16(14-22)6-9-18(23)21-27-19-3-1-2-12-26-19/h4-11,14,19H,1-3,12-13,20H2,(H,21,23)/b9-6+. The van der Waals surface area contributed by atoms with E-state index >= 15 is 0 Å². The van der Waals surface area contributed by atoms with Gasteiger partial charge in [-0.1, -0.05) is 12.1 Å². The third kappa shape index (κ3) is 5.08. The summed E-state index contributed by atoms with van der Waals surface area (Å²) >= 11 is 0. The van der Waals surface area contributed by atoms with Crippen LogP contribution in [0.1, 0.15) is 30.4 Å². The van der Waals surface area contributed by atoms with Gasteiger partial charge in [0, 0.05) is 38.0 Å². The maximum atomic E-state index is 12.7. The molecule has 9 heteroatoms. The van der Waals surface area contributed by atoms with Crippen molar-refractivity contribution in [2.45, 2.75) is 37.0 Å². The Hall–Kier alpha value is -2.46. The van der Waals surface area contributed by atoms with Gasteiger partial charge in [0.25, 0.3) is 15.9 Å². The van der Waals surface area contributed by atoms with E-state index in [-0.39, 0.29) is 4.90 Å². The van der Waals surface area contributed by atoms with Crippen molar-refractivity contribution in [3.8, 4) is 0 Å². The van der Waals surface area contributed by atoms with Crippen LogP contribution < -0.4 is 11.2 Å². The van der Waals surface area contributed by atoms with Crippen LogP contribution >= 0.6 is 0 Å². The minimum Gasteiger partial charge on any atom is -0.350 e. The van der Waals surface area contributed by atoms with Crippen LogP contribution in [0.4, 0.5) is 0 Å². The highest BCUT2D eigenvalue weighted by Gasteiger charge is 2.17. The van der Waals surface area contributed by atoms with Crippen LogP contribution in [0.5, 0.6) is 0 Å². The van der Waals surface area contributed by atoms with Crippen molar-refractivity contribution in [1.29, 1.82) is 0 Å². The Bertz CT molecular complexity index is 929. The van der Waals surface area contributed by atoms with Gasteiger partial charge in [-0.25, -0.2) is 22.7 Å². The third-order valence-corrected chi connectivity index (χ3v) is 5.93. The molecule has 1 aliphatic rings. The number of nitrogens with one attached hydrogen (secondary N) is 1. The van der Waals surface area contributed by atoms with Gasteiger partial charge in [0.1, 0.15) is 0 Å². The average molecular weight is 405 g/mol. The average Bonchev–Trinajstić information content (AvgIpc) is 3.21. The molecule has 1 atom stereocenters. The summed E-state index contributed by atoms with van der Waals surface area (Å²) in [5.41, 5.74) is 9.25. The zero-order chi connectivity index (χ0) is 20.0. The lowest BCUT2D eigenvalue weighted by Gasteiger charge is -2.21. The Morgan fingerprint density at radius 2 is 2.07 bits per heavy atom. The fourth-order valence-corrected chi connectivity index (χ4v) is 3.90. The summed E-state index contributed by atoms with van der Waals surface area (Å²) in [6.45, 7) is 0.963. The first kappa shape index (κ1) is 20.3. The monoisotopic (exact) mass is 405 g/mol. The zero-order valence-electron chi connectivity index (χ0n) is 15.3. The second kappa shape index (κ2) is 9.16. The van der Waals surface area contributed by atoms with E-state index in [0.717, 1.165) is 28.8 Å². The zero-order valence-corrected chi connectivity index (χ0v) is 16.1. The molecule has 3 rings (SSSR count). The number of ether oxygens (including phenoxy) is 1. The number of nitrogens with two attached hydrogens (primary N) is 1. The topological polar surface area (TPSA) is 113 Å². The Kier molecular flexibility index (Phi) is 6.63. The predicted molar refractivity (Wildman–Crippen MR) is 103 cm³/mol. The molecular weight excluding hydrogens is 382 g/mol. The Morgan fingerprint density at radius 3 is 2.75 bits per heavy atom. The van der Waals surface area contributed by atoms with E-state index in [4.69, 9.17) is 15.3 Å². The number of carbonyl (C=O) groups is 1. The second-order valence-corrected chi connectivity index (χ2v) is 8.18. The Balaban J connectivity index is 1.60. The summed E-state index contributed by atoms with van der Waals surface area (Å²) in [4.78, 5) is 17.2.